The molecule has 0 bridgehead atoms. The third-order valence-electron chi connectivity index (χ3n) is 4.05. The van der Waals surface area contributed by atoms with Crippen LogP contribution in [0.4, 0.5) is 0 Å². The van der Waals surface area contributed by atoms with E-state index in [4.69, 9.17) is 0 Å². The van der Waals surface area contributed by atoms with Crippen LogP contribution in [-0.4, -0.2) is 61.0 Å². The lowest BCUT2D eigenvalue weighted by Crippen LogP contribution is -2.54. The van der Waals surface area contributed by atoms with Gasteiger partial charge in [0.25, 0.3) is 0 Å². The van der Waals surface area contributed by atoms with Crippen LogP contribution in [0, 0.1) is 0 Å². The first-order valence-electron chi connectivity index (χ1n) is 7.63. The van der Waals surface area contributed by atoms with E-state index < -0.39 is 0 Å². The van der Waals surface area contributed by atoms with Crippen LogP contribution in [0.5, 0.6) is 0 Å². The number of rotatable bonds is 6. The third kappa shape index (κ3) is 5.11. The Bertz CT molecular complexity index is 271. The molecule has 112 valence electrons. The van der Waals surface area contributed by atoms with Crippen molar-refractivity contribution in [2.45, 2.75) is 64.6 Å². The Kier molecular flexibility index (Phi) is 6.80. The second-order valence-electron chi connectivity index (χ2n) is 6.21. The molecule has 0 radical (unpaired) electrons. The maximum Gasteiger partial charge on any atom is 0.239 e. The van der Waals surface area contributed by atoms with E-state index in [2.05, 4.69) is 43.1 Å². The maximum absolute atomic E-state index is 12.5. The van der Waals surface area contributed by atoms with Crippen LogP contribution in [0.25, 0.3) is 0 Å². The molecule has 0 aromatic heterocycles. The van der Waals surface area contributed by atoms with Crippen LogP contribution in [0.2, 0.25) is 0 Å². The fraction of sp³-hybridized carbons (Fsp3) is 0.933. The molecular weight excluding hydrogens is 238 g/mol. The molecule has 1 N–H and O–H groups in total. The molecule has 1 heterocycles. The number of carbonyl (C=O) groups is 1. The van der Waals surface area contributed by atoms with Crippen LogP contribution in [0.15, 0.2) is 0 Å². The van der Waals surface area contributed by atoms with Crippen LogP contribution in [0.3, 0.4) is 0 Å². The van der Waals surface area contributed by atoms with Crippen LogP contribution in [-0.2, 0) is 4.79 Å². The number of hydrogen-bond acceptors (Lipinski definition) is 3. The van der Waals surface area contributed by atoms with Gasteiger partial charge in [0, 0.05) is 12.1 Å². The van der Waals surface area contributed by atoms with Crippen molar-refractivity contribution in [2.75, 3.05) is 27.2 Å². The molecule has 1 aliphatic heterocycles. The standard InChI is InChI=1S/C15H31N3O/c1-12-8-6-9-13(2)18(12)15(19)14(3)16-10-7-11-17(4)5/h12-14,16H,6-11H2,1-5H3/t12-,13-,14-/m1/s1. The minimum atomic E-state index is -0.0647. The summed E-state index contributed by atoms with van der Waals surface area (Å²) in [5.41, 5.74) is 0. The zero-order chi connectivity index (χ0) is 14.4. The highest BCUT2D eigenvalue weighted by molar-refractivity contribution is 5.82. The summed E-state index contributed by atoms with van der Waals surface area (Å²) in [5, 5.41) is 3.36. The Balaban J connectivity index is 2.38. The van der Waals surface area contributed by atoms with Gasteiger partial charge in [0.05, 0.1) is 6.04 Å². The predicted octanol–water partition coefficient (Wildman–Crippen LogP) is 1.71. The van der Waals surface area contributed by atoms with Gasteiger partial charge in [-0.15, -0.1) is 0 Å². The van der Waals surface area contributed by atoms with Gasteiger partial charge in [-0.05, 0) is 73.6 Å². The number of likely N-dealkylation sites (tertiary alicyclic amines) is 1. The fourth-order valence-electron chi connectivity index (χ4n) is 2.88. The van der Waals surface area contributed by atoms with E-state index in [0.717, 1.165) is 32.4 Å². The quantitative estimate of drug-likeness (QED) is 0.746. The molecule has 1 fully saturated rings. The monoisotopic (exact) mass is 269 g/mol. The Labute approximate surface area is 118 Å². The normalized spacial score (nSPS) is 25.7. The van der Waals surface area contributed by atoms with Crippen molar-refractivity contribution < 1.29 is 4.79 Å². The lowest BCUT2D eigenvalue weighted by atomic mass is 9.96. The van der Waals surface area contributed by atoms with Crippen molar-refractivity contribution in [3.8, 4) is 0 Å². The second-order valence-corrected chi connectivity index (χ2v) is 6.21. The first-order valence-corrected chi connectivity index (χ1v) is 7.63. The summed E-state index contributed by atoms with van der Waals surface area (Å²) >= 11 is 0. The average molecular weight is 269 g/mol. The lowest BCUT2D eigenvalue weighted by molar-refractivity contribution is -0.139. The van der Waals surface area contributed by atoms with Gasteiger partial charge >= 0.3 is 0 Å². The molecule has 0 aromatic carbocycles. The highest BCUT2D eigenvalue weighted by atomic mass is 16.2. The summed E-state index contributed by atoms with van der Waals surface area (Å²) in [4.78, 5) is 16.8. The van der Waals surface area contributed by atoms with Crippen molar-refractivity contribution in [3.05, 3.63) is 0 Å². The molecule has 0 aromatic rings. The van der Waals surface area contributed by atoms with Gasteiger partial charge in [0.1, 0.15) is 0 Å². The van der Waals surface area contributed by atoms with Crippen molar-refractivity contribution >= 4 is 5.91 Å². The van der Waals surface area contributed by atoms with E-state index in [1.54, 1.807) is 0 Å². The Hall–Kier alpha value is -0.610. The van der Waals surface area contributed by atoms with Gasteiger partial charge in [0.15, 0.2) is 0 Å². The zero-order valence-corrected chi connectivity index (χ0v) is 13.3. The molecule has 19 heavy (non-hydrogen) atoms. The van der Waals surface area contributed by atoms with Gasteiger partial charge in [-0.1, -0.05) is 0 Å². The van der Waals surface area contributed by atoms with Crippen LogP contribution < -0.4 is 5.32 Å². The number of carbonyl (C=O) groups excluding carboxylic acids is 1. The molecule has 1 rings (SSSR count). The first kappa shape index (κ1) is 16.4. The van der Waals surface area contributed by atoms with Crippen molar-refractivity contribution in [2.24, 2.45) is 0 Å². The summed E-state index contributed by atoms with van der Waals surface area (Å²) in [5.74, 6) is 0.268. The number of hydrogen-bond donors (Lipinski definition) is 1. The third-order valence-corrected chi connectivity index (χ3v) is 4.05. The van der Waals surface area contributed by atoms with Gasteiger partial charge in [-0.2, -0.15) is 0 Å². The molecule has 3 atom stereocenters. The number of piperidine rings is 1. The number of nitrogens with zero attached hydrogens (tertiary/aromatic N) is 2. The van der Waals surface area contributed by atoms with Crippen LogP contribution in [0.1, 0.15) is 46.5 Å². The SMILES string of the molecule is C[C@@H]1CCC[C@@H](C)N1C(=O)[C@@H](C)NCCCN(C)C. The molecule has 4 heteroatoms. The minimum Gasteiger partial charge on any atom is -0.336 e. The highest BCUT2D eigenvalue weighted by Gasteiger charge is 2.31. The molecule has 1 saturated heterocycles. The maximum atomic E-state index is 12.5. The summed E-state index contributed by atoms with van der Waals surface area (Å²) < 4.78 is 0. The fourth-order valence-corrected chi connectivity index (χ4v) is 2.88. The molecule has 0 spiro atoms. The van der Waals surface area contributed by atoms with E-state index in [0.29, 0.717) is 12.1 Å². The Morgan fingerprint density at radius 1 is 1.32 bits per heavy atom. The minimum absolute atomic E-state index is 0.0647. The van der Waals surface area contributed by atoms with E-state index in [-0.39, 0.29) is 11.9 Å². The van der Waals surface area contributed by atoms with Crippen molar-refractivity contribution in [1.82, 2.24) is 15.1 Å². The number of amides is 1. The van der Waals surface area contributed by atoms with Gasteiger partial charge in [-0.25, -0.2) is 0 Å². The van der Waals surface area contributed by atoms with Gasteiger partial charge in [0.2, 0.25) is 5.91 Å². The summed E-state index contributed by atoms with van der Waals surface area (Å²) in [7, 11) is 4.15. The molecular formula is C15H31N3O. The van der Waals surface area contributed by atoms with Gasteiger partial charge < -0.3 is 15.1 Å². The summed E-state index contributed by atoms with van der Waals surface area (Å²) in [6, 6.07) is 0.717. The van der Waals surface area contributed by atoms with E-state index in [9.17, 15) is 4.79 Å². The summed E-state index contributed by atoms with van der Waals surface area (Å²) in [6.45, 7) is 8.30. The Morgan fingerprint density at radius 3 is 2.42 bits per heavy atom. The molecule has 4 nitrogen and oxygen atoms in total. The molecule has 1 aliphatic rings. The topological polar surface area (TPSA) is 35.6 Å². The number of nitrogens with one attached hydrogen (secondary N) is 1. The average Bonchev–Trinajstić information content (AvgIpc) is 2.33. The zero-order valence-electron chi connectivity index (χ0n) is 13.3. The van der Waals surface area contributed by atoms with Crippen molar-refractivity contribution in [3.63, 3.8) is 0 Å². The van der Waals surface area contributed by atoms with Gasteiger partial charge in [-0.3, -0.25) is 4.79 Å². The molecule has 0 aliphatic carbocycles. The summed E-state index contributed by atoms with van der Waals surface area (Å²) in [6.07, 6.45) is 4.61. The largest absolute Gasteiger partial charge is 0.336 e. The van der Waals surface area contributed by atoms with E-state index in [1.165, 1.54) is 6.42 Å². The van der Waals surface area contributed by atoms with E-state index in [1.807, 2.05) is 6.92 Å². The molecule has 1 amide bonds. The predicted molar refractivity (Wildman–Crippen MR) is 80.3 cm³/mol. The molecule has 0 saturated carbocycles. The lowest BCUT2D eigenvalue weighted by Gasteiger charge is -2.40. The first-order chi connectivity index (χ1) is 8.93. The van der Waals surface area contributed by atoms with Crippen molar-refractivity contribution in [1.29, 1.82) is 0 Å². The highest BCUT2D eigenvalue weighted by Crippen LogP contribution is 2.23. The second kappa shape index (κ2) is 7.85. The molecule has 0 unspecified atom stereocenters. The van der Waals surface area contributed by atoms with Crippen LogP contribution >= 0.6 is 0 Å². The smallest absolute Gasteiger partial charge is 0.239 e. The Morgan fingerprint density at radius 2 is 1.89 bits per heavy atom. The van der Waals surface area contributed by atoms with E-state index >= 15 is 0 Å².